The smallest absolute Gasteiger partial charge is 0.239 e. The summed E-state index contributed by atoms with van der Waals surface area (Å²) >= 11 is 0. The molecule has 1 N–H and O–H groups in total. The van der Waals surface area contributed by atoms with Gasteiger partial charge in [-0.05, 0) is 32.6 Å². The summed E-state index contributed by atoms with van der Waals surface area (Å²) in [6.07, 6.45) is 3.78. The summed E-state index contributed by atoms with van der Waals surface area (Å²) in [7, 11) is 3.61. The van der Waals surface area contributed by atoms with Crippen LogP contribution in [0.15, 0.2) is 0 Å². The van der Waals surface area contributed by atoms with Gasteiger partial charge in [0.05, 0.1) is 12.1 Å². The standard InChI is InChI=1S/C12H22N2O2/c1-8(12(16)13(2)3)14-9-4-5-10(14)7-11(15)6-9/h8-11,15H,4-7H2,1-3H3. The summed E-state index contributed by atoms with van der Waals surface area (Å²) in [4.78, 5) is 16.0. The lowest BCUT2D eigenvalue weighted by molar-refractivity contribution is -0.136. The Morgan fingerprint density at radius 3 is 2.25 bits per heavy atom. The van der Waals surface area contributed by atoms with Gasteiger partial charge in [-0.1, -0.05) is 0 Å². The summed E-state index contributed by atoms with van der Waals surface area (Å²) in [5, 5.41) is 9.72. The lowest BCUT2D eigenvalue weighted by atomic mass is 9.97. The maximum Gasteiger partial charge on any atom is 0.239 e. The molecule has 16 heavy (non-hydrogen) atoms. The fourth-order valence-corrected chi connectivity index (χ4v) is 3.32. The fraction of sp³-hybridized carbons (Fsp3) is 0.917. The zero-order valence-electron chi connectivity index (χ0n) is 10.4. The van der Waals surface area contributed by atoms with E-state index < -0.39 is 0 Å². The number of hydrogen-bond acceptors (Lipinski definition) is 3. The largest absolute Gasteiger partial charge is 0.393 e. The highest BCUT2D eigenvalue weighted by atomic mass is 16.3. The highest BCUT2D eigenvalue weighted by Gasteiger charge is 2.44. The van der Waals surface area contributed by atoms with Crippen molar-refractivity contribution in [1.82, 2.24) is 9.80 Å². The molecule has 2 fully saturated rings. The zero-order chi connectivity index (χ0) is 11.9. The zero-order valence-corrected chi connectivity index (χ0v) is 10.4. The van der Waals surface area contributed by atoms with E-state index in [2.05, 4.69) is 4.90 Å². The number of fused-ring (bicyclic) bond motifs is 2. The second kappa shape index (κ2) is 4.34. The Hall–Kier alpha value is -0.610. The van der Waals surface area contributed by atoms with Gasteiger partial charge in [0.15, 0.2) is 0 Å². The first-order chi connectivity index (χ1) is 7.50. The summed E-state index contributed by atoms with van der Waals surface area (Å²) in [6, 6.07) is 0.778. The van der Waals surface area contributed by atoms with Crippen LogP contribution in [0.3, 0.4) is 0 Å². The molecule has 0 aromatic rings. The van der Waals surface area contributed by atoms with Crippen molar-refractivity contribution in [2.75, 3.05) is 14.1 Å². The van der Waals surface area contributed by atoms with Crippen LogP contribution in [0.1, 0.15) is 32.6 Å². The molecule has 2 aliphatic rings. The molecule has 0 radical (unpaired) electrons. The van der Waals surface area contributed by atoms with Crippen LogP contribution < -0.4 is 0 Å². The molecule has 4 nitrogen and oxygen atoms in total. The summed E-state index contributed by atoms with van der Waals surface area (Å²) in [5.74, 6) is 0.174. The highest BCUT2D eigenvalue weighted by molar-refractivity contribution is 5.81. The molecule has 2 bridgehead atoms. The van der Waals surface area contributed by atoms with Crippen molar-refractivity contribution >= 4 is 5.91 Å². The number of hydrogen-bond donors (Lipinski definition) is 1. The Bertz CT molecular complexity index is 266. The number of carbonyl (C=O) groups is 1. The molecule has 1 amide bonds. The van der Waals surface area contributed by atoms with E-state index in [1.165, 1.54) is 0 Å². The van der Waals surface area contributed by atoms with Gasteiger partial charge in [-0.3, -0.25) is 9.69 Å². The van der Waals surface area contributed by atoms with Gasteiger partial charge in [0.2, 0.25) is 5.91 Å². The predicted octanol–water partition coefficient (Wildman–Crippen LogP) is 0.451. The van der Waals surface area contributed by atoms with Gasteiger partial charge < -0.3 is 10.0 Å². The van der Waals surface area contributed by atoms with Crippen LogP contribution in [0, 0.1) is 0 Å². The Morgan fingerprint density at radius 1 is 1.31 bits per heavy atom. The molecule has 0 spiro atoms. The van der Waals surface area contributed by atoms with Crippen LogP contribution in [0.4, 0.5) is 0 Å². The minimum absolute atomic E-state index is 0.0417. The number of nitrogens with zero attached hydrogens (tertiary/aromatic N) is 2. The fourth-order valence-electron chi connectivity index (χ4n) is 3.32. The van der Waals surface area contributed by atoms with Crippen molar-refractivity contribution < 1.29 is 9.90 Å². The highest BCUT2D eigenvalue weighted by Crippen LogP contribution is 2.37. The van der Waals surface area contributed by atoms with E-state index in [1.807, 2.05) is 6.92 Å². The quantitative estimate of drug-likeness (QED) is 0.743. The molecule has 2 saturated heterocycles. The molecule has 2 rings (SSSR count). The lowest BCUT2D eigenvalue weighted by Gasteiger charge is -2.41. The average molecular weight is 226 g/mol. The van der Waals surface area contributed by atoms with Crippen LogP contribution in [0.25, 0.3) is 0 Å². The maximum absolute atomic E-state index is 12.0. The van der Waals surface area contributed by atoms with E-state index >= 15 is 0 Å². The molecular weight excluding hydrogens is 204 g/mol. The van der Waals surface area contributed by atoms with Gasteiger partial charge in [-0.25, -0.2) is 0 Å². The molecule has 4 heteroatoms. The Kier molecular flexibility index (Phi) is 3.22. The Labute approximate surface area is 97.2 Å². The molecule has 3 unspecified atom stereocenters. The van der Waals surface area contributed by atoms with Crippen molar-refractivity contribution in [2.45, 2.75) is 56.8 Å². The number of piperidine rings is 1. The van der Waals surface area contributed by atoms with Gasteiger partial charge >= 0.3 is 0 Å². The molecule has 2 heterocycles. The predicted molar refractivity (Wildman–Crippen MR) is 62.0 cm³/mol. The minimum atomic E-state index is -0.157. The Balaban J connectivity index is 2.08. The first kappa shape index (κ1) is 11.9. The first-order valence-electron chi connectivity index (χ1n) is 6.17. The van der Waals surface area contributed by atoms with Crippen LogP contribution >= 0.6 is 0 Å². The summed E-state index contributed by atoms with van der Waals surface area (Å²) < 4.78 is 0. The number of rotatable bonds is 2. The third kappa shape index (κ3) is 1.96. The van der Waals surface area contributed by atoms with E-state index in [1.54, 1.807) is 19.0 Å². The van der Waals surface area contributed by atoms with Gasteiger partial charge in [0.25, 0.3) is 0 Å². The van der Waals surface area contributed by atoms with Gasteiger partial charge in [0, 0.05) is 26.2 Å². The van der Waals surface area contributed by atoms with Crippen molar-refractivity contribution in [3.8, 4) is 0 Å². The number of aliphatic hydroxyl groups excluding tert-OH is 1. The molecule has 2 aliphatic heterocycles. The second-order valence-electron chi connectivity index (χ2n) is 5.37. The minimum Gasteiger partial charge on any atom is -0.393 e. The Morgan fingerprint density at radius 2 is 1.81 bits per heavy atom. The van der Waals surface area contributed by atoms with E-state index in [9.17, 15) is 9.90 Å². The topological polar surface area (TPSA) is 43.8 Å². The van der Waals surface area contributed by atoms with Gasteiger partial charge in [-0.15, -0.1) is 0 Å². The maximum atomic E-state index is 12.0. The van der Waals surface area contributed by atoms with E-state index in [0.29, 0.717) is 12.1 Å². The SMILES string of the molecule is CC(C(=O)N(C)C)N1C2CCC1CC(O)C2. The molecule has 0 aromatic heterocycles. The van der Waals surface area contributed by atoms with Crippen molar-refractivity contribution in [3.63, 3.8) is 0 Å². The van der Waals surface area contributed by atoms with Crippen LogP contribution in [-0.2, 0) is 4.79 Å². The van der Waals surface area contributed by atoms with Crippen LogP contribution in [0.2, 0.25) is 0 Å². The number of carbonyl (C=O) groups excluding carboxylic acids is 1. The molecular formula is C12H22N2O2. The molecule has 0 aromatic carbocycles. The van der Waals surface area contributed by atoms with Crippen LogP contribution in [-0.4, -0.2) is 59.1 Å². The average Bonchev–Trinajstić information content (AvgIpc) is 2.49. The van der Waals surface area contributed by atoms with E-state index in [0.717, 1.165) is 25.7 Å². The normalized spacial score (nSPS) is 36.1. The van der Waals surface area contributed by atoms with Crippen LogP contribution in [0.5, 0.6) is 0 Å². The van der Waals surface area contributed by atoms with Gasteiger partial charge in [-0.2, -0.15) is 0 Å². The molecule has 0 aliphatic carbocycles. The van der Waals surface area contributed by atoms with Crippen molar-refractivity contribution in [1.29, 1.82) is 0 Å². The number of likely N-dealkylation sites (N-methyl/N-ethyl adjacent to an activating group) is 1. The van der Waals surface area contributed by atoms with Gasteiger partial charge in [0.1, 0.15) is 0 Å². The summed E-state index contributed by atoms with van der Waals surface area (Å²) in [5.41, 5.74) is 0. The van der Waals surface area contributed by atoms with E-state index in [-0.39, 0.29) is 18.1 Å². The number of amides is 1. The molecule has 92 valence electrons. The first-order valence-corrected chi connectivity index (χ1v) is 6.17. The molecule has 0 saturated carbocycles. The van der Waals surface area contributed by atoms with E-state index in [4.69, 9.17) is 0 Å². The monoisotopic (exact) mass is 226 g/mol. The third-order valence-corrected chi connectivity index (χ3v) is 4.01. The lowest BCUT2D eigenvalue weighted by Crippen LogP contribution is -2.54. The number of aliphatic hydroxyl groups is 1. The van der Waals surface area contributed by atoms with Crippen molar-refractivity contribution in [2.24, 2.45) is 0 Å². The second-order valence-corrected chi connectivity index (χ2v) is 5.37. The van der Waals surface area contributed by atoms with Crippen molar-refractivity contribution in [3.05, 3.63) is 0 Å². The third-order valence-electron chi connectivity index (χ3n) is 4.01. The molecule has 3 atom stereocenters. The summed E-state index contributed by atoms with van der Waals surface area (Å²) in [6.45, 7) is 1.99.